The lowest BCUT2D eigenvalue weighted by molar-refractivity contribution is 0.0769. The number of hydrogen-bond acceptors (Lipinski definition) is 4. The van der Waals surface area contributed by atoms with Gasteiger partial charge in [-0.15, -0.1) is 12.4 Å². The van der Waals surface area contributed by atoms with E-state index in [0.717, 1.165) is 56.1 Å². The summed E-state index contributed by atoms with van der Waals surface area (Å²) >= 11 is 1.86. The van der Waals surface area contributed by atoms with Gasteiger partial charge in [0.05, 0.1) is 0 Å². The van der Waals surface area contributed by atoms with E-state index in [2.05, 4.69) is 5.32 Å². The number of nitrogens with one attached hydrogen (secondary N) is 1. The summed E-state index contributed by atoms with van der Waals surface area (Å²) < 4.78 is 1.73. The minimum Gasteiger partial charge on any atom is -0.337 e. The normalized spacial score (nSPS) is 21.2. The molecule has 5 nitrogen and oxygen atoms in total. The van der Waals surface area contributed by atoms with Crippen LogP contribution in [0.1, 0.15) is 28.8 Å². The third-order valence-electron chi connectivity index (χ3n) is 4.74. The smallest absolute Gasteiger partial charge is 0.263 e. The van der Waals surface area contributed by atoms with Crippen molar-refractivity contribution in [2.45, 2.75) is 26.3 Å². The van der Waals surface area contributed by atoms with E-state index in [1.807, 2.05) is 35.8 Å². The Labute approximate surface area is 153 Å². The molecule has 0 aromatic carbocycles. The topological polar surface area (TPSA) is 54.3 Å². The summed E-state index contributed by atoms with van der Waals surface area (Å²) in [6, 6.07) is 1.91. The quantitative estimate of drug-likeness (QED) is 0.879. The Morgan fingerprint density at radius 2 is 2.12 bits per heavy atom. The highest BCUT2D eigenvalue weighted by Crippen LogP contribution is 2.15. The molecular weight excluding hydrogens is 346 g/mol. The molecular formula is C17H26ClN3O2S. The number of carbonyl (C=O) groups is 1. The molecule has 1 N–H and O–H groups in total. The van der Waals surface area contributed by atoms with Gasteiger partial charge >= 0.3 is 0 Å². The fourth-order valence-electron chi connectivity index (χ4n) is 3.35. The maximum Gasteiger partial charge on any atom is 0.263 e. The number of hydrogen-bond donors (Lipinski definition) is 1. The zero-order chi connectivity index (χ0) is 16.2. The second-order valence-electron chi connectivity index (χ2n) is 6.45. The molecule has 3 heterocycles. The molecule has 0 spiro atoms. The Bertz CT molecular complexity index is 623. The molecule has 1 aromatic rings. The average Bonchev–Trinajstić information content (AvgIpc) is 2.59. The van der Waals surface area contributed by atoms with Crippen molar-refractivity contribution in [3.63, 3.8) is 0 Å². The Hall–Kier alpha value is -0.980. The first-order valence-electron chi connectivity index (χ1n) is 8.44. The molecule has 2 saturated heterocycles. The first-order chi connectivity index (χ1) is 11.2. The SMILES string of the molecule is Cc1ccn(CC2CCCNC2)c(=O)c1C(=O)N1CCSCC1.Cl. The minimum atomic E-state index is -0.126. The van der Waals surface area contributed by atoms with Crippen LogP contribution in [0.5, 0.6) is 0 Å². The van der Waals surface area contributed by atoms with Crippen LogP contribution in [0.15, 0.2) is 17.1 Å². The van der Waals surface area contributed by atoms with Gasteiger partial charge in [0.1, 0.15) is 5.56 Å². The van der Waals surface area contributed by atoms with Crippen LogP contribution in [-0.2, 0) is 6.54 Å². The van der Waals surface area contributed by atoms with Crippen molar-refractivity contribution in [1.82, 2.24) is 14.8 Å². The van der Waals surface area contributed by atoms with Gasteiger partial charge in [0.15, 0.2) is 0 Å². The van der Waals surface area contributed by atoms with Gasteiger partial charge in [-0.25, -0.2) is 0 Å². The van der Waals surface area contributed by atoms with Gasteiger partial charge in [-0.2, -0.15) is 11.8 Å². The number of halogens is 1. The third kappa shape index (κ3) is 4.35. The van der Waals surface area contributed by atoms with Crippen LogP contribution in [0.3, 0.4) is 0 Å². The highest BCUT2D eigenvalue weighted by Gasteiger charge is 2.24. The molecule has 3 rings (SSSR count). The van der Waals surface area contributed by atoms with E-state index in [0.29, 0.717) is 18.0 Å². The van der Waals surface area contributed by atoms with Crippen molar-refractivity contribution in [2.75, 3.05) is 37.7 Å². The van der Waals surface area contributed by atoms with Gasteiger partial charge in [0, 0.05) is 37.3 Å². The summed E-state index contributed by atoms with van der Waals surface area (Å²) in [7, 11) is 0. The Balaban J connectivity index is 0.00000208. The molecule has 1 atom stereocenters. The van der Waals surface area contributed by atoms with Crippen molar-refractivity contribution in [3.8, 4) is 0 Å². The van der Waals surface area contributed by atoms with Gasteiger partial charge in [-0.1, -0.05) is 0 Å². The number of rotatable bonds is 3. The number of carbonyl (C=O) groups excluding carboxylic acids is 1. The van der Waals surface area contributed by atoms with Crippen molar-refractivity contribution in [3.05, 3.63) is 33.7 Å². The van der Waals surface area contributed by atoms with Crippen molar-refractivity contribution < 1.29 is 4.79 Å². The highest BCUT2D eigenvalue weighted by molar-refractivity contribution is 7.99. The van der Waals surface area contributed by atoms with Crippen molar-refractivity contribution in [2.24, 2.45) is 5.92 Å². The molecule has 0 saturated carbocycles. The first kappa shape index (κ1) is 19.3. The van der Waals surface area contributed by atoms with Crippen LogP contribution < -0.4 is 10.9 Å². The molecule has 2 fully saturated rings. The van der Waals surface area contributed by atoms with Gasteiger partial charge in [0.2, 0.25) is 0 Å². The predicted molar refractivity (Wildman–Crippen MR) is 102 cm³/mol. The summed E-state index contributed by atoms with van der Waals surface area (Å²) in [6.45, 7) is 6.05. The summed E-state index contributed by atoms with van der Waals surface area (Å²) in [4.78, 5) is 27.4. The van der Waals surface area contributed by atoms with Crippen LogP contribution >= 0.6 is 24.2 Å². The zero-order valence-electron chi connectivity index (χ0n) is 14.1. The fraction of sp³-hybridized carbons (Fsp3) is 0.647. The van der Waals surface area contributed by atoms with Crippen LogP contribution in [0, 0.1) is 12.8 Å². The summed E-state index contributed by atoms with van der Waals surface area (Å²) in [6.07, 6.45) is 4.14. The predicted octanol–water partition coefficient (Wildman–Crippen LogP) is 1.77. The first-order valence-corrected chi connectivity index (χ1v) is 9.60. The van der Waals surface area contributed by atoms with Gasteiger partial charge in [-0.05, 0) is 50.4 Å². The monoisotopic (exact) mass is 371 g/mol. The lowest BCUT2D eigenvalue weighted by Gasteiger charge is -2.27. The van der Waals surface area contributed by atoms with Gasteiger partial charge in [-0.3, -0.25) is 9.59 Å². The number of piperidine rings is 1. The van der Waals surface area contributed by atoms with E-state index in [-0.39, 0.29) is 23.9 Å². The molecule has 1 aromatic heterocycles. The number of amides is 1. The molecule has 2 aliphatic rings. The highest BCUT2D eigenvalue weighted by atomic mass is 35.5. The van der Waals surface area contributed by atoms with Crippen LogP contribution in [0.2, 0.25) is 0 Å². The second kappa shape index (κ2) is 8.92. The molecule has 2 aliphatic heterocycles. The summed E-state index contributed by atoms with van der Waals surface area (Å²) in [5.74, 6) is 2.29. The molecule has 134 valence electrons. The average molecular weight is 372 g/mol. The lowest BCUT2D eigenvalue weighted by atomic mass is 9.99. The number of thioether (sulfide) groups is 1. The van der Waals surface area contributed by atoms with E-state index < -0.39 is 0 Å². The number of aryl methyl sites for hydroxylation is 1. The van der Waals surface area contributed by atoms with E-state index in [9.17, 15) is 9.59 Å². The second-order valence-corrected chi connectivity index (χ2v) is 7.67. The molecule has 0 bridgehead atoms. The van der Waals surface area contributed by atoms with Gasteiger partial charge in [0.25, 0.3) is 11.5 Å². The minimum absolute atomic E-state index is 0. The Kier molecular flexibility index (Phi) is 7.19. The van der Waals surface area contributed by atoms with E-state index in [1.165, 1.54) is 0 Å². The summed E-state index contributed by atoms with van der Waals surface area (Å²) in [5.41, 5.74) is 1.03. The molecule has 7 heteroatoms. The van der Waals surface area contributed by atoms with Gasteiger partial charge < -0.3 is 14.8 Å². The van der Waals surface area contributed by atoms with E-state index in [1.54, 1.807) is 4.57 Å². The number of nitrogens with zero attached hydrogens (tertiary/aromatic N) is 2. The maximum atomic E-state index is 12.8. The fourth-order valence-corrected chi connectivity index (χ4v) is 4.25. The zero-order valence-corrected chi connectivity index (χ0v) is 15.8. The van der Waals surface area contributed by atoms with Crippen molar-refractivity contribution in [1.29, 1.82) is 0 Å². The molecule has 0 aliphatic carbocycles. The van der Waals surface area contributed by atoms with Crippen LogP contribution in [0.4, 0.5) is 0 Å². The molecule has 1 unspecified atom stereocenters. The van der Waals surface area contributed by atoms with Crippen LogP contribution in [-0.4, -0.2) is 53.1 Å². The number of aromatic nitrogens is 1. The Morgan fingerprint density at radius 3 is 2.79 bits per heavy atom. The maximum absolute atomic E-state index is 12.8. The van der Waals surface area contributed by atoms with E-state index in [4.69, 9.17) is 0 Å². The third-order valence-corrected chi connectivity index (χ3v) is 5.68. The lowest BCUT2D eigenvalue weighted by Crippen LogP contribution is -2.42. The summed E-state index contributed by atoms with van der Waals surface area (Å²) in [5, 5.41) is 3.38. The number of pyridine rings is 1. The van der Waals surface area contributed by atoms with Crippen LogP contribution in [0.25, 0.3) is 0 Å². The van der Waals surface area contributed by atoms with Crippen molar-refractivity contribution >= 4 is 30.1 Å². The Morgan fingerprint density at radius 1 is 1.38 bits per heavy atom. The largest absolute Gasteiger partial charge is 0.337 e. The molecule has 0 radical (unpaired) electrons. The van der Waals surface area contributed by atoms with E-state index >= 15 is 0 Å². The molecule has 1 amide bonds. The standard InChI is InChI=1S/C17H25N3O2S.ClH/c1-13-4-6-20(12-14-3-2-5-18-11-14)17(22)15(13)16(21)19-7-9-23-10-8-19;/h4,6,14,18H,2-3,5,7-12H2,1H3;1H. The molecule has 24 heavy (non-hydrogen) atoms.